The van der Waals surface area contributed by atoms with E-state index in [4.69, 9.17) is 18.9 Å². The number of hydrogen-bond donors (Lipinski definition) is 1. The van der Waals surface area contributed by atoms with Gasteiger partial charge in [0.1, 0.15) is 11.5 Å². The van der Waals surface area contributed by atoms with Crippen molar-refractivity contribution in [3.63, 3.8) is 0 Å². The van der Waals surface area contributed by atoms with Crippen LogP contribution in [0.2, 0.25) is 0 Å². The number of aliphatic hydroxyl groups is 1. The van der Waals surface area contributed by atoms with E-state index in [9.17, 15) is 5.11 Å². The van der Waals surface area contributed by atoms with Crippen molar-refractivity contribution in [2.45, 2.75) is 32.5 Å². The molecule has 0 radical (unpaired) electrons. The number of hydrogen-bond acceptors (Lipinski definition) is 5. The smallest absolute Gasteiger partial charge is 0.231 e. The van der Waals surface area contributed by atoms with Crippen molar-refractivity contribution in [2.24, 2.45) is 5.92 Å². The minimum absolute atomic E-state index is 0.0870. The molecule has 2 aromatic rings. The summed E-state index contributed by atoms with van der Waals surface area (Å²) in [5.74, 6) is 1.21. The van der Waals surface area contributed by atoms with Crippen LogP contribution < -0.4 is 18.9 Å². The van der Waals surface area contributed by atoms with Crippen LogP contribution >= 0.6 is 0 Å². The lowest BCUT2D eigenvalue weighted by atomic mass is 9.75. The summed E-state index contributed by atoms with van der Waals surface area (Å²) in [4.78, 5) is 0. The van der Waals surface area contributed by atoms with Crippen molar-refractivity contribution in [1.29, 1.82) is 0 Å². The first-order valence-corrected chi connectivity index (χ1v) is 8.58. The molecule has 5 nitrogen and oxygen atoms in total. The highest BCUT2D eigenvalue weighted by Crippen LogP contribution is 2.52. The van der Waals surface area contributed by atoms with Crippen LogP contribution in [0.4, 0.5) is 0 Å². The van der Waals surface area contributed by atoms with Gasteiger partial charge >= 0.3 is 0 Å². The van der Waals surface area contributed by atoms with Crippen LogP contribution in [0.15, 0.2) is 36.4 Å². The second-order valence-corrected chi connectivity index (χ2v) is 6.64. The van der Waals surface area contributed by atoms with Crippen LogP contribution in [0.3, 0.4) is 0 Å². The Labute approximate surface area is 147 Å². The van der Waals surface area contributed by atoms with E-state index in [2.05, 4.69) is 0 Å². The third kappa shape index (κ3) is 2.59. The first-order valence-electron chi connectivity index (χ1n) is 8.58. The summed E-state index contributed by atoms with van der Waals surface area (Å²) in [6, 6.07) is 11.7. The molecule has 0 amide bonds. The molecule has 0 spiro atoms. The fourth-order valence-corrected chi connectivity index (χ4v) is 3.63. The number of para-hydroxylation sites is 1. The predicted octanol–water partition coefficient (Wildman–Crippen LogP) is 3.68. The highest BCUT2D eigenvalue weighted by Gasteiger charge is 2.45. The van der Waals surface area contributed by atoms with Gasteiger partial charge in [0.2, 0.25) is 12.6 Å². The lowest BCUT2D eigenvalue weighted by Gasteiger charge is -2.42. The SMILES string of the molecule is CCOc1ccccc1[C@H]1c2cc3c(cc2O[C@@](C)(O)[C@@H]1C)OCO3. The summed E-state index contributed by atoms with van der Waals surface area (Å²) in [6.45, 7) is 6.43. The molecule has 2 aromatic carbocycles. The van der Waals surface area contributed by atoms with E-state index >= 15 is 0 Å². The predicted molar refractivity (Wildman–Crippen MR) is 92.4 cm³/mol. The van der Waals surface area contributed by atoms with Crippen LogP contribution in [0.5, 0.6) is 23.0 Å². The third-order valence-electron chi connectivity index (χ3n) is 5.06. The van der Waals surface area contributed by atoms with Gasteiger partial charge < -0.3 is 24.1 Å². The molecule has 4 rings (SSSR count). The molecule has 0 unspecified atom stereocenters. The average molecular weight is 342 g/mol. The van der Waals surface area contributed by atoms with Gasteiger partial charge in [0.15, 0.2) is 11.5 Å². The summed E-state index contributed by atoms with van der Waals surface area (Å²) in [5.41, 5.74) is 2.00. The molecular weight excluding hydrogens is 320 g/mol. The van der Waals surface area contributed by atoms with Gasteiger partial charge in [0, 0.05) is 36.0 Å². The van der Waals surface area contributed by atoms with Crippen molar-refractivity contribution in [3.05, 3.63) is 47.5 Å². The topological polar surface area (TPSA) is 57.2 Å². The maximum absolute atomic E-state index is 10.9. The summed E-state index contributed by atoms with van der Waals surface area (Å²) < 4.78 is 22.7. The zero-order valence-electron chi connectivity index (χ0n) is 14.6. The fourth-order valence-electron chi connectivity index (χ4n) is 3.63. The molecule has 2 aliphatic heterocycles. The molecule has 0 saturated heterocycles. The summed E-state index contributed by atoms with van der Waals surface area (Å²) in [6.07, 6.45) is 0. The highest BCUT2D eigenvalue weighted by atomic mass is 16.7. The van der Waals surface area contributed by atoms with Crippen LogP contribution in [0.1, 0.15) is 37.8 Å². The highest BCUT2D eigenvalue weighted by molar-refractivity contribution is 5.57. The molecule has 0 saturated carbocycles. The molecule has 5 heteroatoms. The molecule has 2 aliphatic rings. The van der Waals surface area contributed by atoms with Crippen molar-refractivity contribution in [1.82, 2.24) is 0 Å². The monoisotopic (exact) mass is 342 g/mol. The average Bonchev–Trinajstić information content (AvgIpc) is 3.03. The Morgan fingerprint density at radius 2 is 1.84 bits per heavy atom. The van der Waals surface area contributed by atoms with Gasteiger partial charge in [-0.25, -0.2) is 0 Å². The van der Waals surface area contributed by atoms with Gasteiger partial charge in [-0.15, -0.1) is 0 Å². The van der Waals surface area contributed by atoms with E-state index in [1.165, 1.54) is 0 Å². The minimum atomic E-state index is -1.30. The van der Waals surface area contributed by atoms with Gasteiger partial charge in [0.25, 0.3) is 0 Å². The van der Waals surface area contributed by atoms with Crippen LogP contribution in [-0.2, 0) is 0 Å². The number of benzene rings is 2. The third-order valence-corrected chi connectivity index (χ3v) is 5.06. The van der Waals surface area contributed by atoms with E-state index in [1.54, 1.807) is 13.0 Å². The molecule has 0 bridgehead atoms. The standard InChI is InChI=1S/C20H22O5/c1-4-22-15-8-6-5-7-13(15)19-12(2)20(3,21)25-16-10-18-17(9-14(16)19)23-11-24-18/h5-10,12,19,21H,4,11H2,1-3H3/t12-,19+,20-/m1/s1. The maximum Gasteiger partial charge on any atom is 0.231 e. The Morgan fingerprint density at radius 3 is 2.60 bits per heavy atom. The van der Waals surface area contributed by atoms with Gasteiger partial charge in [-0.05, 0) is 19.1 Å². The van der Waals surface area contributed by atoms with Crippen molar-refractivity contribution < 1.29 is 24.1 Å². The molecule has 25 heavy (non-hydrogen) atoms. The molecule has 3 atom stereocenters. The first kappa shape index (κ1) is 16.1. The van der Waals surface area contributed by atoms with E-state index in [-0.39, 0.29) is 18.6 Å². The number of ether oxygens (including phenoxy) is 4. The first-order chi connectivity index (χ1) is 12.0. The summed E-state index contributed by atoms with van der Waals surface area (Å²) in [5, 5.41) is 10.9. The summed E-state index contributed by atoms with van der Waals surface area (Å²) >= 11 is 0. The molecule has 1 N–H and O–H groups in total. The zero-order chi connectivity index (χ0) is 17.6. The lowest BCUT2D eigenvalue weighted by molar-refractivity contribution is -0.171. The fraction of sp³-hybridized carbons (Fsp3) is 0.400. The van der Waals surface area contributed by atoms with Gasteiger partial charge in [-0.3, -0.25) is 0 Å². The zero-order valence-corrected chi connectivity index (χ0v) is 14.6. The Balaban J connectivity index is 1.90. The number of fused-ring (bicyclic) bond motifs is 2. The van der Waals surface area contributed by atoms with Crippen molar-refractivity contribution >= 4 is 0 Å². The second kappa shape index (κ2) is 5.85. The van der Waals surface area contributed by atoms with Gasteiger partial charge in [-0.2, -0.15) is 0 Å². The Kier molecular flexibility index (Phi) is 3.76. The van der Waals surface area contributed by atoms with E-state index in [1.807, 2.05) is 44.2 Å². The van der Waals surface area contributed by atoms with Crippen LogP contribution in [-0.4, -0.2) is 24.3 Å². The van der Waals surface area contributed by atoms with Crippen molar-refractivity contribution in [3.8, 4) is 23.0 Å². The molecule has 0 aromatic heterocycles. The van der Waals surface area contributed by atoms with Gasteiger partial charge in [0.05, 0.1) is 6.61 Å². The number of rotatable bonds is 3. The molecule has 2 heterocycles. The van der Waals surface area contributed by atoms with E-state index < -0.39 is 5.79 Å². The second-order valence-electron chi connectivity index (χ2n) is 6.64. The molecular formula is C20H22O5. The normalized spacial score (nSPS) is 26.7. The maximum atomic E-state index is 10.9. The minimum Gasteiger partial charge on any atom is -0.494 e. The Morgan fingerprint density at radius 1 is 1.12 bits per heavy atom. The molecule has 0 aliphatic carbocycles. The van der Waals surface area contributed by atoms with Crippen molar-refractivity contribution in [2.75, 3.05) is 13.4 Å². The summed E-state index contributed by atoms with van der Waals surface area (Å²) in [7, 11) is 0. The molecule has 132 valence electrons. The largest absolute Gasteiger partial charge is 0.494 e. The van der Waals surface area contributed by atoms with Crippen LogP contribution in [0.25, 0.3) is 0 Å². The van der Waals surface area contributed by atoms with Crippen LogP contribution in [0, 0.1) is 5.92 Å². The molecule has 0 fully saturated rings. The lowest BCUT2D eigenvalue weighted by Crippen LogP contribution is -2.45. The Bertz CT molecular complexity index is 799. The Hall–Kier alpha value is -2.40. The quantitative estimate of drug-likeness (QED) is 0.922. The van der Waals surface area contributed by atoms with E-state index in [0.29, 0.717) is 23.9 Å². The van der Waals surface area contributed by atoms with E-state index in [0.717, 1.165) is 16.9 Å². The van der Waals surface area contributed by atoms with Gasteiger partial charge in [-0.1, -0.05) is 25.1 Å².